The molecule has 0 bridgehead atoms. The van der Waals surface area contributed by atoms with Crippen molar-refractivity contribution >= 4 is 0 Å². The molecule has 8 heteroatoms. The first-order valence-corrected chi connectivity index (χ1v) is 38.5. The monoisotopic (exact) mass is 1500 g/mol. The molecule has 1 heterocycles. The number of hydrogen-bond donors (Lipinski definition) is 5. The average Bonchev–Trinajstić information content (AvgIpc) is 1.65. The molecule has 0 saturated heterocycles. The Bertz CT molecular complexity index is 3990. The van der Waals surface area contributed by atoms with Crippen LogP contribution < -0.4 is 14.2 Å². The fraction of sp³-hybridized carbons (Fsp3) is 0.412. The van der Waals surface area contributed by atoms with Crippen LogP contribution in [0.15, 0.2) is 212 Å². The van der Waals surface area contributed by atoms with E-state index in [1.54, 1.807) is 31.4 Å². The van der Waals surface area contributed by atoms with E-state index in [0.717, 1.165) is 39.5 Å². The number of fused-ring (bicyclic) bond motifs is 1. The molecule has 0 aromatic heterocycles. The van der Waals surface area contributed by atoms with Crippen molar-refractivity contribution < 1.29 is 39.7 Å². The number of aryl methyl sites for hydroxylation is 7. The van der Waals surface area contributed by atoms with Crippen LogP contribution >= 0.6 is 0 Å². The number of phenols is 5. The first-order valence-electron chi connectivity index (χ1n) is 38.5. The van der Waals surface area contributed by atoms with Gasteiger partial charge in [-0.05, 0) is 258 Å². The van der Waals surface area contributed by atoms with Crippen LogP contribution in [-0.2, 0) is 0 Å². The molecule has 8 nitrogen and oxygen atoms in total. The molecule has 0 fully saturated rings. The predicted octanol–water partition coefficient (Wildman–Crippen LogP) is 30.4. The SMILES string of the molecule is C.C.C.CC(C)c1ccc(O)cc1.CC(C)c1ccc2c(c1)OCO2.CC(C)c1ccccc1O.COc1cccc(C(C)C)c1.Cc1cc(O)cc(C)c1C(C)C.Cc1ccc(C(C)C)c(O)c1.Cc1ccc(C(C)C)cc1.Cc1ccc(C(C)C)cc1O.Cc1cccc(C(C)C)c1.Cc1ccccc1C(C)C. The van der Waals surface area contributed by atoms with Gasteiger partial charge in [0.25, 0.3) is 0 Å². The van der Waals surface area contributed by atoms with Crippen molar-refractivity contribution in [3.8, 4) is 46.0 Å². The zero-order valence-electron chi connectivity index (χ0n) is 70.6. The van der Waals surface area contributed by atoms with Crippen LogP contribution in [0.4, 0.5) is 0 Å². The van der Waals surface area contributed by atoms with Crippen molar-refractivity contribution in [1.29, 1.82) is 0 Å². The summed E-state index contributed by atoms with van der Waals surface area (Å²) in [6, 6.07) is 70.2. The maximum atomic E-state index is 9.46. The van der Waals surface area contributed by atoms with Gasteiger partial charge in [0, 0.05) is 0 Å². The van der Waals surface area contributed by atoms with Gasteiger partial charge in [0.05, 0.1) is 7.11 Å². The summed E-state index contributed by atoms with van der Waals surface area (Å²) >= 11 is 0. The number of methoxy groups -OCH3 is 1. The lowest BCUT2D eigenvalue weighted by molar-refractivity contribution is 0.174. The number of phenolic OH excluding ortho intramolecular Hbond substituents is 5. The highest BCUT2D eigenvalue weighted by molar-refractivity contribution is 5.46. The van der Waals surface area contributed by atoms with Crippen molar-refractivity contribution in [3.63, 3.8) is 0 Å². The van der Waals surface area contributed by atoms with E-state index < -0.39 is 0 Å². The van der Waals surface area contributed by atoms with Gasteiger partial charge in [0.2, 0.25) is 6.79 Å². The molecule has 10 aromatic rings. The summed E-state index contributed by atoms with van der Waals surface area (Å²) in [5, 5.41) is 46.3. The molecule has 0 unspecified atom stereocenters. The van der Waals surface area contributed by atoms with E-state index in [1.165, 1.54) is 72.3 Å². The van der Waals surface area contributed by atoms with Crippen LogP contribution in [0.25, 0.3) is 0 Å². The third kappa shape index (κ3) is 38.8. The number of para-hydroxylation sites is 1. The van der Waals surface area contributed by atoms with Crippen LogP contribution in [0.2, 0.25) is 0 Å². The van der Waals surface area contributed by atoms with Crippen LogP contribution in [0.5, 0.6) is 46.0 Å². The number of benzene rings is 10. The minimum atomic E-state index is 0. The molecule has 5 N–H and O–H groups in total. The second kappa shape index (κ2) is 53.4. The third-order valence-electron chi connectivity index (χ3n) is 18.1. The lowest BCUT2D eigenvalue weighted by Crippen LogP contribution is -1.95. The summed E-state index contributed by atoms with van der Waals surface area (Å²) in [7, 11) is 1.69. The third-order valence-corrected chi connectivity index (χ3v) is 18.1. The molecule has 604 valence electrons. The van der Waals surface area contributed by atoms with Gasteiger partial charge in [-0.3, -0.25) is 0 Å². The maximum Gasteiger partial charge on any atom is 0.231 e. The maximum absolute atomic E-state index is 9.46. The summed E-state index contributed by atoms with van der Waals surface area (Å²) in [5.41, 5.74) is 21.3. The summed E-state index contributed by atoms with van der Waals surface area (Å²) in [6.07, 6.45) is 0. The van der Waals surface area contributed by atoms with E-state index >= 15 is 0 Å². The molecule has 0 saturated carbocycles. The Labute approximate surface area is 671 Å². The number of rotatable bonds is 11. The van der Waals surface area contributed by atoms with Crippen LogP contribution in [0, 0.1) is 48.5 Å². The fourth-order valence-electron chi connectivity index (χ4n) is 11.3. The van der Waals surface area contributed by atoms with E-state index in [4.69, 9.17) is 19.3 Å². The largest absolute Gasteiger partial charge is 0.508 e. The molecule has 0 spiro atoms. The van der Waals surface area contributed by atoms with Crippen molar-refractivity contribution in [1.82, 2.24) is 0 Å². The number of aromatic hydroxyl groups is 5. The van der Waals surface area contributed by atoms with Crippen molar-refractivity contribution in [2.45, 2.75) is 268 Å². The van der Waals surface area contributed by atoms with E-state index in [-0.39, 0.29) is 22.3 Å². The van der Waals surface area contributed by atoms with Crippen LogP contribution in [-0.4, -0.2) is 39.4 Å². The van der Waals surface area contributed by atoms with Crippen LogP contribution in [0.3, 0.4) is 0 Å². The van der Waals surface area contributed by atoms with Crippen LogP contribution in [0.1, 0.15) is 315 Å². The molecule has 0 atom stereocenters. The molecular formula is C102H148O8. The lowest BCUT2D eigenvalue weighted by Gasteiger charge is -2.13. The molecule has 11 rings (SSSR count). The Kier molecular flexibility index (Phi) is 49.9. The quantitative estimate of drug-likeness (QED) is 0.0866. The Morgan fingerprint density at radius 1 is 0.264 bits per heavy atom. The highest BCUT2D eigenvalue weighted by Gasteiger charge is 2.15. The van der Waals surface area contributed by atoms with Crippen molar-refractivity contribution in [3.05, 3.63) is 307 Å². The van der Waals surface area contributed by atoms with Gasteiger partial charge in [0.1, 0.15) is 34.5 Å². The van der Waals surface area contributed by atoms with Gasteiger partial charge in [-0.2, -0.15) is 0 Å². The van der Waals surface area contributed by atoms with Crippen molar-refractivity contribution in [2.75, 3.05) is 13.9 Å². The van der Waals surface area contributed by atoms with Gasteiger partial charge in [0.15, 0.2) is 11.5 Å². The smallest absolute Gasteiger partial charge is 0.231 e. The van der Waals surface area contributed by atoms with Gasteiger partial charge in [-0.25, -0.2) is 0 Å². The molecule has 0 radical (unpaired) electrons. The Morgan fingerprint density at radius 2 is 0.664 bits per heavy atom. The number of hydrogen-bond acceptors (Lipinski definition) is 8. The Hall–Kier alpha value is -9.40. The second-order valence-corrected chi connectivity index (χ2v) is 30.9. The van der Waals surface area contributed by atoms with E-state index in [0.29, 0.717) is 94.7 Å². The average molecular weight is 1500 g/mol. The zero-order valence-corrected chi connectivity index (χ0v) is 70.6. The van der Waals surface area contributed by atoms with E-state index in [9.17, 15) is 20.4 Å². The minimum Gasteiger partial charge on any atom is -0.508 e. The van der Waals surface area contributed by atoms with Gasteiger partial charge in [-0.1, -0.05) is 317 Å². The molecule has 0 aliphatic carbocycles. The Morgan fingerprint density at radius 3 is 1.08 bits per heavy atom. The predicted molar refractivity (Wildman–Crippen MR) is 480 cm³/mol. The molecule has 110 heavy (non-hydrogen) atoms. The summed E-state index contributed by atoms with van der Waals surface area (Å²) < 4.78 is 15.6. The van der Waals surface area contributed by atoms with Gasteiger partial charge < -0.3 is 39.7 Å². The summed E-state index contributed by atoms with van der Waals surface area (Å²) in [5.74, 6) is 10.0. The first kappa shape index (κ1) is 103. The number of ether oxygens (including phenoxy) is 3. The first-order chi connectivity index (χ1) is 50.3. The zero-order chi connectivity index (χ0) is 80.8. The molecule has 1 aliphatic rings. The lowest BCUT2D eigenvalue weighted by atomic mass is 9.93. The summed E-state index contributed by atoms with van der Waals surface area (Å²) in [6.45, 7) is 57.8. The van der Waals surface area contributed by atoms with E-state index in [2.05, 4.69) is 256 Å². The molecule has 10 aromatic carbocycles. The molecule has 0 amide bonds. The minimum absolute atomic E-state index is 0. The standard InChI is InChI=1S/C11H16O.C10H12O2.3C10H14O.3C10H14.2C9H12O.3CH4/c1-7(2)11-8(3)5-10(12)6-9(11)4;1-7(2)8-3-4-9-10(5-8)12-6-11-9;1-7(2)9-5-4-8(3)10(11)6-9;1-7(2)9-5-4-8(3)6-10(9)11;1-8(2)9-5-4-6-10(7-9)11-3;1-8(2)10-6-4-9(3)5-7-10;1-8(2)10-6-4-5-9(3)7-10;1-8(2)10-7-5-4-6-9(10)3;1-7(2)8-3-5-9(10)6-4-8;1-7(2)8-5-3-4-6-9(8)10;;;/h5-7,12H,1-4H3;3-5,7H,6H2,1-2H3;2*4-7,11H,1-3H3;4-8H,1-3H3;3*4-8H,1-3H3;2*3-7,10H,1-2H3;3*1H4. The second-order valence-electron chi connectivity index (χ2n) is 30.9. The summed E-state index contributed by atoms with van der Waals surface area (Å²) in [4.78, 5) is 0. The Balaban J connectivity index is 0. The normalized spacial score (nSPS) is 10.5. The molecule has 1 aliphatic heterocycles. The highest BCUT2D eigenvalue weighted by Crippen LogP contribution is 2.35. The van der Waals surface area contributed by atoms with E-state index in [1.807, 2.05) is 119 Å². The van der Waals surface area contributed by atoms with Gasteiger partial charge in [-0.15, -0.1) is 0 Å². The molecular weight excluding hydrogens is 1350 g/mol. The van der Waals surface area contributed by atoms with Crippen molar-refractivity contribution in [2.24, 2.45) is 0 Å². The topological polar surface area (TPSA) is 129 Å². The highest BCUT2D eigenvalue weighted by atomic mass is 16.7. The van der Waals surface area contributed by atoms with Gasteiger partial charge >= 0.3 is 0 Å². The fourth-order valence-corrected chi connectivity index (χ4v) is 11.3.